The van der Waals surface area contributed by atoms with Crippen LogP contribution < -0.4 is 14.2 Å². The van der Waals surface area contributed by atoms with E-state index in [4.69, 9.17) is 14.2 Å². The first-order valence-electron chi connectivity index (χ1n) is 11.6. The van der Waals surface area contributed by atoms with Crippen LogP contribution >= 0.6 is 0 Å². The van der Waals surface area contributed by atoms with Crippen molar-refractivity contribution in [1.82, 2.24) is 0 Å². The van der Waals surface area contributed by atoms with E-state index in [9.17, 15) is 14.4 Å². The molecule has 6 nitrogen and oxygen atoms in total. The third kappa shape index (κ3) is 7.64. The molecule has 0 bridgehead atoms. The lowest BCUT2D eigenvalue weighted by atomic mass is 10.0. The molecule has 0 unspecified atom stereocenters. The number of hydrogen-bond donors (Lipinski definition) is 0. The molecule has 0 aliphatic carbocycles. The highest BCUT2D eigenvalue weighted by Crippen LogP contribution is 2.30. The lowest BCUT2D eigenvalue weighted by molar-refractivity contribution is -0.134. The lowest BCUT2D eigenvalue weighted by Crippen LogP contribution is -2.09. The minimum Gasteiger partial charge on any atom is -0.427 e. The van der Waals surface area contributed by atoms with Gasteiger partial charge < -0.3 is 14.2 Å². The van der Waals surface area contributed by atoms with Gasteiger partial charge in [0.25, 0.3) is 0 Å². The summed E-state index contributed by atoms with van der Waals surface area (Å²) in [6.07, 6.45) is 4.00. The fraction of sp³-hybridized carbons (Fsp3) is 0.129. The van der Waals surface area contributed by atoms with E-state index in [-0.39, 0.29) is 11.5 Å². The van der Waals surface area contributed by atoms with Crippen LogP contribution in [0.5, 0.6) is 17.2 Å². The van der Waals surface area contributed by atoms with E-state index in [2.05, 4.69) is 13.2 Å². The van der Waals surface area contributed by atoms with Crippen molar-refractivity contribution >= 4 is 30.1 Å². The molecule has 0 aromatic heterocycles. The molecule has 0 aliphatic heterocycles. The molecule has 0 heterocycles. The minimum absolute atomic E-state index is 0.279. The average molecular weight is 497 g/mol. The van der Waals surface area contributed by atoms with E-state index < -0.39 is 11.9 Å². The van der Waals surface area contributed by atoms with E-state index in [1.807, 2.05) is 48.6 Å². The second-order valence-electron chi connectivity index (χ2n) is 8.35. The van der Waals surface area contributed by atoms with Gasteiger partial charge in [-0.3, -0.25) is 4.79 Å². The predicted octanol–water partition coefficient (Wildman–Crippen LogP) is 6.80. The van der Waals surface area contributed by atoms with Gasteiger partial charge in [0.1, 0.15) is 17.2 Å². The van der Waals surface area contributed by atoms with Gasteiger partial charge in [-0.05, 0) is 60.9 Å². The summed E-state index contributed by atoms with van der Waals surface area (Å²) < 4.78 is 16.1. The number of hydrogen-bond acceptors (Lipinski definition) is 6. The molecule has 0 fully saturated rings. The first kappa shape index (κ1) is 26.9. The van der Waals surface area contributed by atoms with Crippen molar-refractivity contribution in [3.8, 4) is 28.4 Å². The van der Waals surface area contributed by atoms with Crippen molar-refractivity contribution in [2.45, 2.75) is 27.2 Å². The number of carbonyl (C=O) groups is 3. The van der Waals surface area contributed by atoms with E-state index >= 15 is 0 Å². The van der Waals surface area contributed by atoms with Crippen LogP contribution in [0.25, 0.3) is 23.3 Å². The van der Waals surface area contributed by atoms with Gasteiger partial charge >= 0.3 is 17.9 Å². The van der Waals surface area contributed by atoms with Crippen LogP contribution in [0.2, 0.25) is 0 Å². The third-order valence-corrected chi connectivity index (χ3v) is 5.17. The predicted molar refractivity (Wildman–Crippen MR) is 144 cm³/mol. The maximum atomic E-state index is 12.3. The monoisotopic (exact) mass is 496 g/mol. The van der Waals surface area contributed by atoms with Crippen molar-refractivity contribution in [3.05, 3.63) is 102 Å². The summed E-state index contributed by atoms with van der Waals surface area (Å²) in [5.74, 6) is -0.0705. The molecule has 0 aliphatic rings. The van der Waals surface area contributed by atoms with Gasteiger partial charge in [0.2, 0.25) is 0 Å². The van der Waals surface area contributed by atoms with Gasteiger partial charge in [0.05, 0.1) is 0 Å². The lowest BCUT2D eigenvalue weighted by Gasteiger charge is -2.11. The summed E-state index contributed by atoms with van der Waals surface area (Å²) in [6.45, 7) is 12.1. The average Bonchev–Trinajstić information content (AvgIpc) is 2.89. The van der Waals surface area contributed by atoms with Crippen LogP contribution in [0.3, 0.4) is 0 Å². The van der Waals surface area contributed by atoms with Gasteiger partial charge in [0, 0.05) is 23.1 Å². The molecule has 0 saturated heterocycles. The molecule has 3 aromatic rings. The summed E-state index contributed by atoms with van der Waals surface area (Å²) >= 11 is 0. The number of carbonyl (C=O) groups excluding carboxylic acids is 3. The maximum absolute atomic E-state index is 12.3. The fourth-order valence-electron chi connectivity index (χ4n) is 3.07. The standard InChI is InChI=1S/C31H28O6/c1-6-29(32)35-26-15-8-22(9-16-26)7-10-24-11-12-25(19-28(24)37-31(34)21(4)5)23-13-17-27(18-14-23)36-30(33)20(2)3/h7-19H,2,4,6H2,1,3,5H3/b10-7+. The highest BCUT2D eigenvalue weighted by Gasteiger charge is 2.12. The highest BCUT2D eigenvalue weighted by atomic mass is 16.5. The van der Waals surface area contributed by atoms with Crippen molar-refractivity contribution in [2.75, 3.05) is 0 Å². The second-order valence-corrected chi connectivity index (χ2v) is 8.35. The summed E-state index contributed by atoms with van der Waals surface area (Å²) in [7, 11) is 0. The topological polar surface area (TPSA) is 78.9 Å². The zero-order chi connectivity index (χ0) is 26.9. The molecule has 0 saturated carbocycles. The van der Waals surface area contributed by atoms with Gasteiger partial charge in [-0.15, -0.1) is 0 Å². The molecule has 188 valence electrons. The Bertz CT molecular complexity index is 1360. The first-order valence-corrected chi connectivity index (χ1v) is 11.6. The molecule has 3 rings (SSSR count). The molecule has 0 spiro atoms. The molecule has 0 amide bonds. The number of esters is 3. The Balaban J connectivity index is 1.86. The van der Waals surface area contributed by atoms with Gasteiger partial charge in [-0.1, -0.05) is 68.6 Å². The Hall–Kier alpha value is -4.71. The Labute approximate surface area is 216 Å². The van der Waals surface area contributed by atoms with Crippen LogP contribution in [0.1, 0.15) is 38.3 Å². The van der Waals surface area contributed by atoms with Crippen molar-refractivity contribution in [2.24, 2.45) is 0 Å². The van der Waals surface area contributed by atoms with Gasteiger partial charge in [-0.2, -0.15) is 0 Å². The third-order valence-electron chi connectivity index (χ3n) is 5.17. The van der Waals surface area contributed by atoms with Crippen LogP contribution in [-0.4, -0.2) is 17.9 Å². The van der Waals surface area contributed by atoms with E-state index in [1.54, 1.807) is 51.1 Å². The summed E-state index contributed by atoms with van der Waals surface area (Å²) in [5.41, 5.74) is 3.80. The van der Waals surface area contributed by atoms with E-state index in [0.717, 1.165) is 16.7 Å². The molecular formula is C31H28O6. The normalized spacial score (nSPS) is 10.6. The zero-order valence-electron chi connectivity index (χ0n) is 21.1. The Morgan fingerprint density at radius 1 is 0.703 bits per heavy atom. The second kappa shape index (κ2) is 12.3. The SMILES string of the molecule is C=C(C)C(=O)Oc1ccc(-c2ccc(/C=C/c3ccc(OC(=O)CC)cc3)c(OC(=O)C(=C)C)c2)cc1. The smallest absolute Gasteiger partial charge is 0.338 e. The fourth-order valence-corrected chi connectivity index (χ4v) is 3.07. The van der Waals surface area contributed by atoms with E-state index in [1.165, 1.54) is 0 Å². The first-order chi connectivity index (χ1) is 17.7. The molecule has 0 N–H and O–H groups in total. The molecular weight excluding hydrogens is 468 g/mol. The minimum atomic E-state index is -0.532. The van der Waals surface area contributed by atoms with Crippen LogP contribution in [0, 0.1) is 0 Å². The summed E-state index contributed by atoms with van der Waals surface area (Å²) in [5, 5.41) is 0. The number of ether oxygens (including phenoxy) is 3. The van der Waals surface area contributed by atoms with Crippen LogP contribution in [0.4, 0.5) is 0 Å². The van der Waals surface area contributed by atoms with Crippen molar-refractivity contribution in [1.29, 1.82) is 0 Å². The molecule has 0 atom stereocenters. The van der Waals surface area contributed by atoms with E-state index in [0.29, 0.717) is 34.8 Å². The number of rotatable bonds is 9. The number of benzene rings is 3. The quantitative estimate of drug-likeness (QED) is 0.140. The van der Waals surface area contributed by atoms with Crippen LogP contribution in [-0.2, 0) is 14.4 Å². The molecule has 6 heteroatoms. The summed E-state index contributed by atoms with van der Waals surface area (Å²) in [4.78, 5) is 35.5. The van der Waals surface area contributed by atoms with Gasteiger partial charge in [-0.25, -0.2) is 9.59 Å². The van der Waals surface area contributed by atoms with Crippen molar-refractivity contribution in [3.63, 3.8) is 0 Å². The molecule has 0 radical (unpaired) electrons. The molecule has 37 heavy (non-hydrogen) atoms. The molecule has 3 aromatic carbocycles. The Morgan fingerprint density at radius 2 is 1.24 bits per heavy atom. The Morgan fingerprint density at radius 3 is 1.84 bits per heavy atom. The highest BCUT2D eigenvalue weighted by molar-refractivity contribution is 5.90. The Kier molecular flexibility index (Phi) is 8.95. The largest absolute Gasteiger partial charge is 0.427 e. The van der Waals surface area contributed by atoms with Gasteiger partial charge in [0.15, 0.2) is 0 Å². The maximum Gasteiger partial charge on any atom is 0.338 e. The zero-order valence-corrected chi connectivity index (χ0v) is 21.1. The summed E-state index contributed by atoms with van der Waals surface area (Å²) in [6, 6.07) is 19.6. The van der Waals surface area contributed by atoms with Crippen LogP contribution in [0.15, 0.2) is 91.0 Å². The van der Waals surface area contributed by atoms with Crippen molar-refractivity contribution < 1.29 is 28.6 Å².